The first-order valence-electron chi connectivity index (χ1n) is 5.23. The summed E-state index contributed by atoms with van der Waals surface area (Å²) in [5.41, 5.74) is 0. The Hall–Kier alpha value is -0.680. The lowest BCUT2D eigenvalue weighted by atomic mass is 10.3. The third-order valence-electron chi connectivity index (χ3n) is 1.92. The molecule has 5 heteroatoms. The van der Waals surface area contributed by atoms with Crippen LogP contribution in [0.2, 0.25) is 0 Å². The molecule has 0 amide bonds. The Bertz CT molecular complexity index is 272. The Kier molecular flexibility index (Phi) is 6.27. The fourth-order valence-corrected chi connectivity index (χ4v) is 1.93. The predicted octanol–water partition coefficient (Wildman–Crippen LogP) is 1.95. The molecule has 1 aromatic heterocycles. The monoisotopic (exact) mass is 243 g/mol. The van der Waals surface area contributed by atoms with Gasteiger partial charge in [-0.2, -0.15) is 0 Å². The van der Waals surface area contributed by atoms with Gasteiger partial charge in [-0.05, 0) is 18.6 Å². The van der Waals surface area contributed by atoms with Crippen molar-refractivity contribution in [2.24, 2.45) is 0 Å². The Morgan fingerprint density at radius 3 is 2.93 bits per heavy atom. The van der Waals surface area contributed by atoms with Crippen molar-refractivity contribution in [1.29, 1.82) is 0 Å². The quantitative estimate of drug-likeness (QED) is 0.591. The van der Waals surface area contributed by atoms with Crippen LogP contribution in [0.25, 0.3) is 0 Å². The number of unbranched alkanes of at least 4 members (excludes halogenated alkanes) is 1. The normalized spacial score (nSPS) is 9.93. The van der Waals surface area contributed by atoms with Crippen LogP contribution in [0.1, 0.15) is 24.8 Å². The zero-order valence-corrected chi connectivity index (χ0v) is 10.6. The van der Waals surface area contributed by atoms with Gasteiger partial charge in [-0.15, -0.1) is 11.3 Å². The fourth-order valence-electron chi connectivity index (χ4n) is 1.10. The van der Waals surface area contributed by atoms with E-state index in [-0.39, 0.29) is 0 Å². The lowest BCUT2D eigenvalue weighted by Crippen LogP contribution is -2.36. The van der Waals surface area contributed by atoms with Gasteiger partial charge in [-0.3, -0.25) is 0 Å². The zero-order chi connectivity index (χ0) is 10.9. The van der Waals surface area contributed by atoms with Crippen LogP contribution in [0.3, 0.4) is 0 Å². The van der Waals surface area contributed by atoms with Crippen molar-refractivity contribution in [1.82, 2.24) is 15.6 Å². The van der Waals surface area contributed by atoms with E-state index in [4.69, 9.17) is 12.2 Å². The topological polar surface area (TPSA) is 37.0 Å². The summed E-state index contributed by atoms with van der Waals surface area (Å²) in [4.78, 5) is 4.20. The standard InChI is InChI=1S/C10H17N3S2/c1-2-3-5-12-10(14)13-6-4-9-11-7-8-15-9/h7-8H,2-6H2,1H3,(H2,12,13,14). The van der Waals surface area contributed by atoms with Crippen LogP contribution in [0.5, 0.6) is 0 Å². The minimum atomic E-state index is 0.750. The second-order valence-corrected chi connectivity index (χ2v) is 4.60. The molecule has 0 saturated heterocycles. The summed E-state index contributed by atoms with van der Waals surface area (Å²) in [6.45, 7) is 3.98. The average molecular weight is 243 g/mol. The van der Waals surface area contributed by atoms with E-state index >= 15 is 0 Å². The molecule has 0 aliphatic carbocycles. The van der Waals surface area contributed by atoms with Gasteiger partial charge in [0.1, 0.15) is 0 Å². The minimum Gasteiger partial charge on any atom is -0.363 e. The van der Waals surface area contributed by atoms with Gasteiger partial charge in [0.2, 0.25) is 0 Å². The van der Waals surface area contributed by atoms with Crippen LogP contribution in [-0.2, 0) is 6.42 Å². The predicted molar refractivity (Wildman–Crippen MR) is 69.3 cm³/mol. The Balaban J connectivity index is 2.02. The molecule has 0 saturated carbocycles. The molecule has 0 aliphatic heterocycles. The van der Waals surface area contributed by atoms with Crippen molar-refractivity contribution >= 4 is 28.7 Å². The third-order valence-corrected chi connectivity index (χ3v) is 3.05. The van der Waals surface area contributed by atoms with E-state index < -0.39 is 0 Å². The molecule has 0 bridgehead atoms. The summed E-state index contributed by atoms with van der Waals surface area (Å²) < 4.78 is 0. The second kappa shape index (κ2) is 7.59. The first-order chi connectivity index (χ1) is 7.33. The summed E-state index contributed by atoms with van der Waals surface area (Å²) in [5, 5.41) is 10.2. The number of nitrogens with zero attached hydrogens (tertiary/aromatic N) is 1. The lowest BCUT2D eigenvalue weighted by Gasteiger charge is -2.08. The highest BCUT2D eigenvalue weighted by Gasteiger charge is 1.96. The van der Waals surface area contributed by atoms with Gasteiger partial charge in [-0.25, -0.2) is 4.98 Å². The smallest absolute Gasteiger partial charge is 0.166 e. The van der Waals surface area contributed by atoms with Crippen molar-refractivity contribution in [3.8, 4) is 0 Å². The molecule has 3 nitrogen and oxygen atoms in total. The maximum atomic E-state index is 5.12. The van der Waals surface area contributed by atoms with E-state index in [1.54, 1.807) is 11.3 Å². The van der Waals surface area contributed by atoms with Gasteiger partial charge >= 0.3 is 0 Å². The molecule has 15 heavy (non-hydrogen) atoms. The van der Waals surface area contributed by atoms with E-state index in [9.17, 15) is 0 Å². The van der Waals surface area contributed by atoms with E-state index in [0.717, 1.165) is 36.1 Å². The number of rotatable bonds is 6. The summed E-state index contributed by atoms with van der Waals surface area (Å²) in [6, 6.07) is 0. The summed E-state index contributed by atoms with van der Waals surface area (Å²) >= 11 is 6.80. The number of thiocarbonyl (C=S) groups is 1. The van der Waals surface area contributed by atoms with E-state index in [1.807, 2.05) is 11.6 Å². The van der Waals surface area contributed by atoms with E-state index in [0.29, 0.717) is 0 Å². The third kappa shape index (κ3) is 5.69. The van der Waals surface area contributed by atoms with Crippen molar-refractivity contribution < 1.29 is 0 Å². The lowest BCUT2D eigenvalue weighted by molar-refractivity contribution is 0.736. The molecule has 0 aromatic carbocycles. The molecule has 0 aliphatic rings. The van der Waals surface area contributed by atoms with Gasteiger partial charge in [0.15, 0.2) is 5.11 Å². The van der Waals surface area contributed by atoms with Gasteiger partial charge in [-0.1, -0.05) is 13.3 Å². The maximum absolute atomic E-state index is 5.12. The molecule has 84 valence electrons. The van der Waals surface area contributed by atoms with Gasteiger partial charge in [0.25, 0.3) is 0 Å². The first-order valence-corrected chi connectivity index (χ1v) is 6.51. The van der Waals surface area contributed by atoms with Crippen LogP contribution < -0.4 is 10.6 Å². The maximum Gasteiger partial charge on any atom is 0.166 e. The highest BCUT2D eigenvalue weighted by molar-refractivity contribution is 7.80. The summed E-state index contributed by atoms with van der Waals surface area (Å²) in [6.07, 6.45) is 5.12. The largest absolute Gasteiger partial charge is 0.363 e. The second-order valence-electron chi connectivity index (χ2n) is 3.21. The summed E-state index contributed by atoms with van der Waals surface area (Å²) in [7, 11) is 0. The SMILES string of the molecule is CCCCNC(=S)NCCc1nccs1. The van der Waals surface area contributed by atoms with Gasteiger partial charge in [0, 0.05) is 31.1 Å². The summed E-state index contributed by atoms with van der Waals surface area (Å²) in [5.74, 6) is 0. The van der Waals surface area contributed by atoms with E-state index in [1.165, 1.54) is 6.42 Å². The number of hydrogen-bond donors (Lipinski definition) is 2. The number of thiazole rings is 1. The van der Waals surface area contributed by atoms with Gasteiger partial charge < -0.3 is 10.6 Å². The van der Waals surface area contributed by atoms with Crippen molar-refractivity contribution in [2.75, 3.05) is 13.1 Å². The highest BCUT2D eigenvalue weighted by Crippen LogP contribution is 2.03. The van der Waals surface area contributed by atoms with Crippen LogP contribution in [0.4, 0.5) is 0 Å². The average Bonchev–Trinajstić information content (AvgIpc) is 2.71. The molecular weight excluding hydrogens is 226 g/mol. The number of nitrogens with one attached hydrogen (secondary N) is 2. The molecule has 0 fully saturated rings. The van der Waals surface area contributed by atoms with Crippen LogP contribution in [0.15, 0.2) is 11.6 Å². The van der Waals surface area contributed by atoms with Crippen LogP contribution in [0, 0.1) is 0 Å². The number of aromatic nitrogens is 1. The molecular formula is C10H17N3S2. The molecule has 2 N–H and O–H groups in total. The molecule has 1 aromatic rings. The van der Waals surface area contributed by atoms with Gasteiger partial charge in [0.05, 0.1) is 5.01 Å². The first kappa shape index (κ1) is 12.4. The zero-order valence-electron chi connectivity index (χ0n) is 8.95. The van der Waals surface area contributed by atoms with Crippen LogP contribution in [-0.4, -0.2) is 23.2 Å². The molecule has 0 spiro atoms. The molecule has 0 unspecified atom stereocenters. The molecule has 1 rings (SSSR count). The number of hydrogen-bond acceptors (Lipinski definition) is 3. The molecule has 1 heterocycles. The Labute approximate surface area is 100 Å². The highest BCUT2D eigenvalue weighted by atomic mass is 32.1. The Morgan fingerprint density at radius 2 is 2.27 bits per heavy atom. The van der Waals surface area contributed by atoms with Crippen molar-refractivity contribution in [3.63, 3.8) is 0 Å². The molecule has 0 atom stereocenters. The minimum absolute atomic E-state index is 0.750. The fraction of sp³-hybridized carbons (Fsp3) is 0.600. The van der Waals surface area contributed by atoms with Crippen LogP contribution >= 0.6 is 23.6 Å². The van der Waals surface area contributed by atoms with E-state index in [2.05, 4.69) is 22.5 Å². The molecule has 0 radical (unpaired) electrons. The van der Waals surface area contributed by atoms with Crippen molar-refractivity contribution in [3.05, 3.63) is 16.6 Å². The van der Waals surface area contributed by atoms with Crippen molar-refractivity contribution in [2.45, 2.75) is 26.2 Å². The Morgan fingerprint density at radius 1 is 1.47 bits per heavy atom.